The van der Waals surface area contributed by atoms with Crippen molar-refractivity contribution in [2.45, 2.75) is 205 Å². The molecule has 18 heteroatoms. The van der Waals surface area contributed by atoms with Crippen molar-refractivity contribution >= 4 is 11.9 Å². The molecule has 0 aromatic carbocycles. The SMILES string of the molecule is CC1(C)CC[C@]2(C(=O)O[C@@H]3O[C@H](CO)[C@@H](O)[C@H](O)[C@H]3O)CC[C@]3(C)C(=CCC4[C@@]5(C)CC[C@H](O[C@@H]6O[C@H](C(=O)O)[C@@H](O[C@@H]7OC[C@H](O)[C@H](O)[C@H]7O)[C@H](O)[C@H]6O)C(C)(C)C5CC[C@]43C)C2C1. The van der Waals surface area contributed by atoms with Crippen LogP contribution in [-0.2, 0) is 38.0 Å². The molecule has 8 rings (SSSR count). The number of carbonyl (C=O) groups is 2. The van der Waals surface area contributed by atoms with Crippen molar-refractivity contribution < 1.29 is 89.1 Å². The zero-order chi connectivity index (χ0) is 47.6. The fourth-order valence-corrected chi connectivity index (χ4v) is 14.7. The molecule has 0 amide bonds. The lowest BCUT2D eigenvalue weighted by Crippen LogP contribution is -2.67. The summed E-state index contributed by atoms with van der Waals surface area (Å²) < 4.78 is 34.9. The van der Waals surface area contributed by atoms with Gasteiger partial charge in [-0.1, -0.05) is 60.1 Å². The first kappa shape index (κ1) is 49.5. The highest BCUT2D eigenvalue weighted by Gasteiger charge is 2.70. The lowest BCUT2D eigenvalue weighted by Gasteiger charge is -2.71. The molecule has 4 saturated carbocycles. The molecular weight excluding hydrogens is 852 g/mol. The van der Waals surface area contributed by atoms with E-state index in [-0.39, 0.29) is 39.4 Å². The van der Waals surface area contributed by atoms with Crippen molar-refractivity contribution in [1.82, 2.24) is 0 Å². The van der Waals surface area contributed by atoms with Crippen LogP contribution in [0.3, 0.4) is 0 Å². The zero-order valence-corrected chi connectivity index (χ0v) is 38.7. The number of carboxylic acids is 1. The number of rotatable bonds is 8. The lowest BCUT2D eigenvalue weighted by atomic mass is 9.33. The van der Waals surface area contributed by atoms with Crippen molar-refractivity contribution in [1.29, 1.82) is 0 Å². The van der Waals surface area contributed by atoms with E-state index < -0.39 is 128 Å². The first-order valence-corrected chi connectivity index (χ1v) is 23.7. The van der Waals surface area contributed by atoms with E-state index in [9.17, 15) is 60.7 Å². The lowest BCUT2D eigenvalue weighted by molar-refractivity contribution is -0.354. The monoisotopic (exact) mass is 926 g/mol. The molecule has 3 saturated heterocycles. The number of hydrogen-bond donors (Lipinski definition) is 10. The summed E-state index contributed by atoms with van der Waals surface area (Å²) >= 11 is 0. The predicted molar refractivity (Wildman–Crippen MR) is 225 cm³/mol. The fraction of sp³-hybridized carbons (Fsp3) is 0.915. The summed E-state index contributed by atoms with van der Waals surface area (Å²) in [7, 11) is 0. The van der Waals surface area contributed by atoms with Gasteiger partial charge in [-0.15, -0.1) is 0 Å². The number of aliphatic carboxylic acids is 1. The number of aliphatic hydroxyl groups is 9. The first-order valence-electron chi connectivity index (χ1n) is 23.7. The molecule has 0 radical (unpaired) electrons. The van der Waals surface area contributed by atoms with Crippen LogP contribution in [0.1, 0.15) is 113 Å². The molecule has 3 heterocycles. The van der Waals surface area contributed by atoms with E-state index in [1.54, 1.807) is 0 Å². The van der Waals surface area contributed by atoms with Crippen molar-refractivity contribution in [2.24, 2.45) is 50.2 Å². The highest BCUT2D eigenvalue weighted by molar-refractivity contribution is 5.79. The number of aliphatic hydroxyl groups excluding tert-OH is 9. The molecule has 65 heavy (non-hydrogen) atoms. The normalized spacial score (nSPS) is 52.7. The van der Waals surface area contributed by atoms with Crippen LogP contribution in [0.2, 0.25) is 0 Å². The van der Waals surface area contributed by atoms with E-state index in [0.717, 1.165) is 44.9 Å². The standard InChI is InChI=1S/C47H74O18/c1-42(2)14-16-47(41(59)65-39-33(55)30(52)29(51)24(19-48)61-39)17-15-45(6)21(22(47)18-42)8-9-26-44(5)12-11-27(43(3,4)25(44)10-13-46(26,45)7)62-40-34(56)31(53)35(36(64-40)37(57)58)63-38-32(54)28(50)23(49)20-60-38/h8,22-36,38-40,48-56H,9-20H2,1-7H3,(H,57,58)/t22?,23-,24+,25?,26?,27-,28-,29+,30-,31+,32+,33+,34+,35-,36-,38-,39-,40+,44-,45+,46+,47-/m0/s1. The van der Waals surface area contributed by atoms with Gasteiger partial charge < -0.3 is 79.5 Å². The number of carbonyl (C=O) groups excluding carboxylic acids is 1. The Hall–Kier alpha value is -1.88. The summed E-state index contributed by atoms with van der Waals surface area (Å²) in [5.74, 6) is -1.77. The van der Waals surface area contributed by atoms with Crippen LogP contribution in [0.4, 0.5) is 0 Å². The van der Waals surface area contributed by atoms with Crippen molar-refractivity contribution in [3.05, 3.63) is 11.6 Å². The largest absolute Gasteiger partial charge is 0.479 e. The molecule has 7 fully saturated rings. The van der Waals surface area contributed by atoms with Gasteiger partial charge in [-0.05, 0) is 109 Å². The van der Waals surface area contributed by atoms with Crippen LogP contribution in [0, 0.1) is 50.2 Å². The van der Waals surface area contributed by atoms with Crippen molar-refractivity contribution in [3.8, 4) is 0 Å². The summed E-state index contributed by atoms with van der Waals surface area (Å²) in [6, 6.07) is 0. The van der Waals surface area contributed by atoms with Gasteiger partial charge in [0.1, 0.15) is 61.0 Å². The van der Waals surface area contributed by atoms with Crippen LogP contribution in [0.25, 0.3) is 0 Å². The number of ether oxygens (including phenoxy) is 6. The average molecular weight is 927 g/mol. The Morgan fingerprint density at radius 1 is 0.708 bits per heavy atom. The minimum absolute atomic E-state index is 0.0646. The highest BCUT2D eigenvalue weighted by atomic mass is 16.7. The van der Waals surface area contributed by atoms with Crippen molar-refractivity contribution in [2.75, 3.05) is 13.2 Å². The van der Waals surface area contributed by atoms with Gasteiger partial charge in [0, 0.05) is 0 Å². The molecule has 370 valence electrons. The second-order valence-electron chi connectivity index (χ2n) is 23.1. The number of carboxylic acid groups (broad SMARTS) is 1. The third-order valence-electron chi connectivity index (χ3n) is 18.9. The zero-order valence-electron chi connectivity index (χ0n) is 38.7. The Kier molecular flexibility index (Phi) is 13.1. The molecule has 0 spiro atoms. The maximum atomic E-state index is 14.6. The maximum Gasteiger partial charge on any atom is 0.335 e. The van der Waals surface area contributed by atoms with Crippen LogP contribution in [0.5, 0.6) is 0 Å². The third kappa shape index (κ3) is 7.76. The fourth-order valence-electron chi connectivity index (χ4n) is 14.7. The minimum atomic E-state index is -1.84. The topological polar surface area (TPSA) is 292 Å². The van der Waals surface area contributed by atoms with Gasteiger partial charge in [-0.25, -0.2) is 4.79 Å². The van der Waals surface area contributed by atoms with Gasteiger partial charge in [0.2, 0.25) is 6.29 Å². The molecule has 22 atom stereocenters. The molecule has 3 aliphatic heterocycles. The summed E-state index contributed by atoms with van der Waals surface area (Å²) in [6.07, 6.45) is -13.6. The Bertz CT molecular complexity index is 1820. The van der Waals surface area contributed by atoms with Crippen LogP contribution in [0.15, 0.2) is 11.6 Å². The molecule has 18 nitrogen and oxygen atoms in total. The Morgan fingerprint density at radius 2 is 1.37 bits per heavy atom. The Labute approximate surface area is 380 Å². The van der Waals surface area contributed by atoms with Gasteiger partial charge >= 0.3 is 11.9 Å². The average Bonchev–Trinajstić information content (AvgIpc) is 3.24. The number of allylic oxidation sites excluding steroid dienone is 2. The molecule has 3 unspecified atom stereocenters. The third-order valence-corrected chi connectivity index (χ3v) is 18.9. The second-order valence-corrected chi connectivity index (χ2v) is 23.1. The van der Waals surface area contributed by atoms with E-state index in [0.29, 0.717) is 19.3 Å². The first-order chi connectivity index (χ1) is 30.3. The molecule has 0 aromatic heterocycles. The minimum Gasteiger partial charge on any atom is -0.479 e. The van der Waals surface area contributed by atoms with Gasteiger partial charge in [0.15, 0.2) is 18.7 Å². The molecule has 8 aliphatic rings. The summed E-state index contributed by atoms with van der Waals surface area (Å²) in [6.45, 7) is 14.9. The van der Waals surface area contributed by atoms with E-state index in [4.69, 9.17) is 28.4 Å². The summed E-state index contributed by atoms with van der Waals surface area (Å²) in [4.78, 5) is 27.2. The van der Waals surface area contributed by atoms with Crippen LogP contribution >= 0.6 is 0 Å². The number of hydrogen-bond acceptors (Lipinski definition) is 17. The predicted octanol–water partition coefficient (Wildman–Crippen LogP) is 0.872. The van der Waals surface area contributed by atoms with Gasteiger partial charge in [0.25, 0.3) is 0 Å². The van der Waals surface area contributed by atoms with Crippen LogP contribution in [-0.4, -0.2) is 168 Å². The van der Waals surface area contributed by atoms with Crippen molar-refractivity contribution in [3.63, 3.8) is 0 Å². The Morgan fingerprint density at radius 3 is 2.05 bits per heavy atom. The Balaban J connectivity index is 1.01. The molecule has 5 aliphatic carbocycles. The quantitative estimate of drug-likeness (QED) is 0.0918. The van der Waals surface area contributed by atoms with Crippen LogP contribution < -0.4 is 0 Å². The molecule has 0 bridgehead atoms. The van der Waals surface area contributed by atoms with E-state index in [1.165, 1.54) is 5.57 Å². The summed E-state index contributed by atoms with van der Waals surface area (Å²) in [5.41, 5.74) is -0.801. The smallest absolute Gasteiger partial charge is 0.335 e. The van der Waals surface area contributed by atoms with E-state index >= 15 is 0 Å². The number of esters is 1. The maximum absolute atomic E-state index is 14.6. The second kappa shape index (κ2) is 17.2. The molecule has 0 aromatic rings. The number of fused-ring (bicyclic) bond motifs is 7. The van der Waals surface area contributed by atoms with E-state index in [2.05, 4.69) is 54.5 Å². The molecular formula is C47H74O18. The van der Waals surface area contributed by atoms with E-state index in [1.807, 2.05) is 0 Å². The van der Waals surface area contributed by atoms with Gasteiger partial charge in [-0.2, -0.15) is 0 Å². The van der Waals surface area contributed by atoms with Gasteiger partial charge in [-0.3, -0.25) is 4.79 Å². The molecule has 10 N–H and O–H groups in total. The summed E-state index contributed by atoms with van der Waals surface area (Å²) in [5, 5.41) is 105. The van der Waals surface area contributed by atoms with Gasteiger partial charge in [0.05, 0.1) is 24.7 Å². The highest BCUT2D eigenvalue weighted by Crippen LogP contribution is 2.76.